The van der Waals surface area contributed by atoms with Gasteiger partial charge in [0.2, 0.25) is 0 Å². The fraction of sp³-hybridized carbons (Fsp3) is 0.0769. The van der Waals surface area contributed by atoms with Crippen LogP contribution in [0.25, 0.3) is 10.9 Å². The van der Waals surface area contributed by atoms with Crippen molar-refractivity contribution in [3.8, 4) is 5.88 Å². The highest BCUT2D eigenvalue weighted by atomic mass is 16.5. The summed E-state index contributed by atoms with van der Waals surface area (Å²) in [5.74, 6) is 1.28. The fourth-order valence-corrected chi connectivity index (χ4v) is 1.82. The van der Waals surface area contributed by atoms with Crippen molar-refractivity contribution in [2.45, 2.75) is 6.92 Å². The Morgan fingerprint density at radius 2 is 2.22 bits per heavy atom. The molecule has 0 aliphatic rings. The Labute approximate surface area is 103 Å². The molecule has 3 rings (SSSR count). The molecule has 18 heavy (non-hydrogen) atoms. The quantitative estimate of drug-likeness (QED) is 0.677. The van der Waals surface area contributed by atoms with Gasteiger partial charge in [0.05, 0.1) is 5.56 Å². The number of nitrogens with one attached hydrogen (secondary N) is 1. The Morgan fingerprint density at radius 3 is 3.00 bits per heavy atom. The summed E-state index contributed by atoms with van der Waals surface area (Å²) < 4.78 is 4.92. The van der Waals surface area contributed by atoms with E-state index in [9.17, 15) is 5.11 Å². The number of aryl methyl sites for hydroxylation is 1. The molecule has 1 aromatic carbocycles. The van der Waals surface area contributed by atoms with E-state index in [1.165, 1.54) is 0 Å². The molecule has 3 aromatic rings. The van der Waals surface area contributed by atoms with E-state index in [0.717, 1.165) is 10.9 Å². The van der Waals surface area contributed by atoms with Crippen molar-refractivity contribution in [2.24, 2.45) is 4.99 Å². The monoisotopic (exact) mass is 241 g/mol. The van der Waals surface area contributed by atoms with Gasteiger partial charge in [-0.05, 0) is 13.0 Å². The summed E-state index contributed by atoms with van der Waals surface area (Å²) in [4.78, 5) is 7.06. The van der Waals surface area contributed by atoms with Crippen molar-refractivity contribution in [1.82, 2.24) is 10.1 Å². The summed E-state index contributed by atoms with van der Waals surface area (Å²) in [6.45, 7) is 1.80. The summed E-state index contributed by atoms with van der Waals surface area (Å²) in [6.07, 6.45) is 1.57. The van der Waals surface area contributed by atoms with Crippen molar-refractivity contribution < 1.29 is 9.63 Å². The van der Waals surface area contributed by atoms with Gasteiger partial charge in [-0.2, -0.15) is 0 Å². The van der Waals surface area contributed by atoms with Crippen molar-refractivity contribution in [3.05, 3.63) is 41.7 Å². The van der Waals surface area contributed by atoms with Crippen LogP contribution in [0.3, 0.4) is 0 Å². The Balaban J connectivity index is 2.04. The molecule has 0 fully saturated rings. The Bertz CT molecular complexity index is 725. The maximum absolute atomic E-state index is 9.83. The summed E-state index contributed by atoms with van der Waals surface area (Å²) in [7, 11) is 0. The second kappa shape index (κ2) is 4.03. The summed E-state index contributed by atoms with van der Waals surface area (Å²) in [5, 5.41) is 14.5. The van der Waals surface area contributed by atoms with Crippen molar-refractivity contribution in [1.29, 1.82) is 0 Å². The van der Waals surface area contributed by atoms with E-state index in [1.807, 2.05) is 24.3 Å². The number of nitrogens with zero attached hydrogens (tertiary/aromatic N) is 2. The summed E-state index contributed by atoms with van der Waals surface area (Å²) in [5.41, 5.74) is 1.51. The minimum atomic E-state index is 0.0974. The van der Waals surface area contributed by atoms with Gasteiger partial charge in [-0.25, -0.2) is 4.99 Å². The predicted octanol–water partition coefficient (Wildman–Crippen LogP) is 2.92. The largest absolute Gasteiger partial charge is 0.494 e. The molecule has 0 unspecified atom stereocenters. The lowest BCUT2D eigenvalue weighted by atomic mass is 10.2. The number of aromatic nitrogens is 2. The topological polar surface area (TPSA) is 74.4 Å². The minimum absolute atomic E-state index is 0.0974. The number of fused-ring (bicyclic) bond motifs is 1. The van der Waals surface area contributed by atoms with Gasteiger partial charge >= 0.3 is 0 Å². The Morgan fingerprint density at radius 1 is 1.39 bits per heavy atom. The third-order valence-corrected chi connectivity index (χ3v) is 2.67. The molecular weight excluding hydrogens is 230 g/mol. The smallest absolute Gasteiger partial charge is 0.198 e. The van der Waals surface area contributed by atoms with E-state index in [2.05, 4.69) is 15.1 Å². The number of para-hydroxylation sites is 1. The van der Waals surface area contributed by atoms with Gasteiger partial charge in [-0.3, -0.25) is 0 Å². The van der Waals surface area contributed by atoms with E-state index >= 15 is 0 Å². The van der Waals surface area contributed by atoms with E-state index < -0.39 is 0 Å². The van der Waals surface area contributed by atoms with Crippen LogP contribution < -0.4 is 0 Å². The zero-order valence-electron chi connectivity index (χ0n) is 9.71. The molecule has 0 saturated heterocycles. The average molecular weight is 241 g/mol. The van der Waals surface area contributed by atoms with Crippen LogP contribution in [0, 0.1) is 6.92 Å². The minimum Gasteiger partial charge on any atom is -0.494 e. The first-order chi connectivity index (χ1) is 8.74. The highest BCUT2D eigenvalue weighted by Crippen LogP contribution is 2.25. The van der Waals surface area contributed by atoms with Crippen LogP contribution in [-0.2, 0) is 0 Å². The van der Waals surface area contributed by atoms with Gasteiger partial charge in [-0.1, -0.05) is 23.4 Å². The summed E-state index contributed by atoms with van der Waals surface area (Å²) in [6, 6.07) is 9.35. The van der Waals surface area contributed by atoms with Gasteiger partial charge in [0.15, 0.2) is 11.7 Å². The Kier molecular flexibility index (Phi) is 2.37. The van der Waals surface area contributed by atoms with E-state index in [4.69, 9.17) is 4.52 Å². The van der Waals surface area contributed by atoms with Gasteiger partial charge in [0, 0.05) is 23.2 Å². The number of rotatable bonds is 2. The molecule has 2 aromatic heterocycles. The van der Waals surface area contributed by atoms with E-state index in [-0.39, 0.29) is 5.88 Å². The molecule has 0 aliphatic carbocycles. The maximum Gasteiger partial charge on any atom is 0.198 e. The van der Waals surface area contributed by atoms with Gasteiger partial charge in [0.1, 0.15) is 5.76 Å². The molecule has 90 valence electrons. The molecule has 0 amide bonds. The Hall–Kier alpha value is -2.56. The molecule has 0 saturated carbocycles. The number of aliphatic imine (C=N–C) groups is 1. The number of hydrogen-bond acceptors (Lipinski definition) is 4. The lowest BCUT2D eigenvalue weighted by Crippen LogP contribution is -1.78. The molecule has 0 aliphatic heterocycles. The van der Waals surface area contributed by atoms with E-state index in [1.54, 1.807) is 19.2 Å². The number of aromatic amines is 1. The average Bonchev–Trinajstić information content (AvgIpc) is 2.90. The molecule has 0 spiro atoms. The van der Waals surface area contributed by atoms with Crippen molar-refractivity contribution in [2.75, 3.05) is 0 Å². The molecule has 0 radical (unpaired) electrons. The zero-order chi connectivity index (χ0) is 12.5. The molecule has 5 heteroatoms. The first kappa shape index (κ1) is 10.6. The van der Waals surface area contributed by atoms with Gasteiger partial charge in [0.25, 0.3) is 0 Å². The first-order valence-electron chi connectivity index (χ1n) is 5.51. The third kappa shape index (κ3) is 1.75. The molecule has 2 heterocycles. The second-order valence-electron chi connectivity index (χ2n) is 3.99. The SMILES string of the molecule is Cc1cc(N=Cc2c(O)[nH]c3ccccc23)no1. The van der Waals surface area contributed by atoms with Crippen LogP contribution in [0.1, 0.15) is 11.3 Å². The molecule has 0 bridgehead atoms. The molecular formula is C13H11N3O2. The predicted molar refractivity (Wildman–Crippen MR) is 68.5 cm³/mol. The molecule has 2 N–H and O–H groups in total. The van der Waals surface area contributed by atoms with Crippen LogP contribution >= 0.6 is 0 Å². The lowest BCUT2D eigenvalue weighted by Gasteiger charge is -1.90. The molecule has 5 nitrogen and oxygen atoms in total. The lowest BCUT2D eigenvalue weighted by molar-refractivity contribution is 0.399. The van der Waals surface area contributed by atoms with Crippen LogP contribution in [0.2, 0.25) is 0 Å². The highest BCUT2D eigenvalue weighted by molar-refractivity contribution is 6.02. The van der Waals surface area contributed by atoms with Crippen LogP contribution in [0.15, 0.2) is 39.8 Å². The van der Waals surface area contributed by atoms with Crippen LogP contribution in [0.4, 0.5) is 5.82 Å². The highest BCUT2D eigenvalue weighted by Gasteiger charge is 2.08. The third-order valence-electron chi connectivity index (χ3n) is 2.67. The number of hydrogen-bond donors (Lipinski definition) is 2. The van der Waals surface area contributed by atoms with E-state index in [0.29, 0.717) is 17.1 Å². The van der Waals surface area contributed by atoms with Crippen LogP contribution in [0.5, 0.6) is 5.88 Å². The number of H-pyrrole nitrogens is 1. The molecule has 0 atom stereocenters. The second-order valence-corrected chi connectivity index (χ2v) is 3.99. The number of benzene rings is 1. The normalized spacial score (nSPS) is 11.6. The van der Waals surface area contributed by atoms with Gasteiger partial charge < -0.3 is 14.6 Å². The maximum atomic E-state index is 9.83. The van der Waals surface area contributed by atoms with Crippen LogP contribution in [-0.4, -0.2) is 21.5 Å². The zero-order valence-corrected chi connectivity index (χ0v) is 9.71. The van der Waals surface area contributed by atoms with Crippen molar-refractivity contribution in [3.63, 3.8) is 0 Å². The first-order valence-corrected chi connectivity index (χ1v) is 5.51. The standard InChI is InChI=1S/C13H11N3O2/c1-8-6-12(16-18-8)14-7-10-9-4-2-3-5-11(9)15-13(10)17/h2-7,15,17H,1H3. The van der Waals surface area contributed by atoms with Crippen molar-refractivity contribution >= 4 is 22.9 Å². The summed E-state index contributed by atoms with van der Waals surface area (Å²) >= 11 is 0. The van der Waals surface area contributed by atoms with Gasteiger partial charge in [-0.15, -0.1) is 0 Å². The number of aromatic hydroxyl groups is 1. The fourth-order valence-electron chi connectivity index (χ4n) is 1.82.